The summed E-state index contributed by atoms with van der Waals surface area (Å²) in [4.78, 5) is 0. The van der Waals surface area contributed by atoms with Gasteiger partial charge in [0.2, 0.25) is 0 Å². The molecule has 0 aromatic rings. The van der Waals surface area contributed by atoms with Crippen LogP contribution in [-0.4, -0.2) is 11.6 Å². The lowest BCUT2D eigenvalue weighted by Crippen LogP contribution is -2.37. The fourth-order valence-corrected chi connectivity index (χ4v) is 3.28. The first-order valence-corrected chi connectivity index (χ1v) is 6.10. The Bertz CT molecular complexity index is 181. The van der Waals surface area contributed by atoms with Gasteiger partial charge < -0.3 is 0 Å². The zero-order valence-corrected chi connectivity index (χ0v) is 9.72. The van der Waals surface area contributed by atoms with E-state index >= 15 is 0 Å². The summed E-state index contributed by atoms with van der Waals surface area (Å²) in [5.41, 5.74) is 0. The van der Waals surface area contributed by atoms with Crippen LogP contribution in [0.1, 0.15) is 27.7 Å². The first-order chi connectivity index (χ1) is 5.86. The van der Waals surface area contributed by atoms with Gasteiger partial charge >= 0.3 is 17.2 Å². The zero-order chi connectivity index (χ0) is 9.69. The summed E-state index contributed by atoms with van der Waals surface area (Å²) in [7, 11) is -2.48. The fourth-order valence-electron chi connectivity index (χ4n) is 0.853. The van der Waals surface area contributed by atoms with E-state index in [-0.39, 0.29) is 0 Å². The van der Waals surface area contributed by atoms with Crippen molar-refractivity contribution in [1.82, 2.24) is 0 Å². The molecule has 5 nitrogen and oxygen atoms in total. The third-order valence-corrected chi connectivity index (χ3v) is 4.73. The average molecular weight is 226 g/mol. The molecule has 0 aliphatic carbocycles. The van der Waals surface area contributed by atoms with E-state index in [2.05, 4.69) is 0 Å². The van der Waals surface area contributed by atoms with Crippen LogP contribution in [0, 0.1) is 0 Å². The summed E-state index contributed by atoms with van der Waals surface area (Å²) in [5.74, 6) is -1.02. The summed E-state index contributed by atoms with van der Waals surface area (Å²) in [6, 6.07) is 0. The molecule has 0 N–H and O–H groups in total. The van der Waals surface area contributed by atoms with Crippen LogP contribution in [0.2, 0.25) is 0 Å². The van der Waals surface area contributed by atoms with Crippen LogP contribution in [0.15, 0.2) is 0 Å². The van der Waals surface area contributed by atoms with Crippen LogP contribution in [0.25, 0.3) is 0 Å². The quantitative estimate of drug-likeness (QED) is 0.677. The van der Waals surface area contributed by atoms with Crippen molar-refractivity contribution in [2.75, 3.05) is 0 Å². The van der Waals surface area contributed by atoms with Crippen molar-refractivity contribution in [2.45, 2.75) is 39.3 Å². The maximum atomic E-state index is 5.28. The van der Waals surface area contributed by atoms with Gasteiger partial charge in [0, 0.05) is 0 Å². The molecule has 0 amide bonds. The van der Waals surface area contributed by atoms with Gasteiger partial charge in [-0.15, -0.1) is 0 Å². The van der Waals surface area contributed by atoms with Crippen LogP contribution in [0.3, 0.4) is 0 Å². The third kappa shape index (κ3) is 2.37. The highest BCUT2D eigenvalue weighted by atomic mass is 31.2. The molecule has 0 aromatic carbocycles. The van der Waals surface area contributed by atoms with Gasteiger partial charge in [-0.2, -0.15) is 0 Å². The summed E-state index contributed by atoms with van der Waals surface area (Å²) < 4.78 is 26.3. The van der Waals surface area contributed by atoms with Crippen molar-refractivity contribution >= 4 is 17.2 Å². The second kappa shape index (κ2) is 3.07. The van der Waals surface area contributed by atoms with Gasteiger partial charge in [-0.3, -0.25) is 18.1 Å². The molecule has 2 rings (SSSR count). The standard InChI is InChI=1S/C6H12O5P2/c1-5(2)7-12(8-5)11-13-9-6(3,4)10-13/h1-4H3. The van der Waals surface area contributed by atoms with Crippen molar-refractivity contribution in [3.8, 4) is 0 Å². The summed E-state index contributed by atoms with van der Waals surface area (Å²) >= 11 is 0. The van der Waals surface area contributed by atoms with Crippen LogP contribution in [-0.2, 0) is 22.4 Å². The molecule has 7 heteroatoms. The maximum Gasteiger partial charge on any atom is 0.345 e. The fraction of sp³-hybridized carbons (Fsp3) is 1.00. The first kappa shape index (κ1) is 10.2. The van der Waals surface area contributed by atoms with E-state index in [4.69, 9.17) is 22.4 Å². The topological polar surface area (TPSA) is 46.2 Å². The predicted octanol–water partition coefficient (Wildman–Crippen LogP) is 3.02. The van der Waals surface area contributed by atoms with Crippen molar-refractivity contribution in [2.24, 2.45) is 0 Å². The second-order valence-electron chi connectivity index (χ2n) is 3.69. The monoisotopic (exact) mass is 226 g/mol. The minimum atomic E-state index is -1.24. The smallest absolute Gasteiger partial charge is 0.279 e. The van der Waals surface area contributed by atoms with E-state index in [1.807, 2.05) is 27.7 Å². The normalized spacial score (nSPS) is 32.3. The molecule has 0 unspecified atom stereocenters. The van der Waals surface area contributed by atoms with Gasteiger partial charge in [0.05, 0.1) is 0 Å². The lowest BCUT2D eigenvalue weighted by Gasteiger charge is -2.44. The number of rotatable bonds is 2. The lowest BCUT2D eigenvalue weighted by atomic mass is 10.4. The van der Waals surface area contributed by atoms with Crippen molar-refractivity contribution < 1.29 is 22.4 Å². The molecule has 0 radical (unpaired) electrons. The molecule has 2 aliphatic rings. The second-order valence-corrected chi connectivity index (χ2v) is 5.97. The molecule has 76 valence electrons. The molecule has 0 atom stereocenters. The summed E-state index contributed by atoms with van der Waals surface area (Å²) in [6.07, 6.45) is 0. The summed E-state index contributed by atoms with van der Waals surface area (Å²) in [6.45, 7) is 7.31. The minimum absolute atomic E-state index is 0.512. The molecule has 2 heterocycles. The molecule has 0 saturated carbocycles. The Morgan fingerprint density at radius 3 is 1.31 bits per heavy atom. The molecule has 2 saturated heterocycles. The Balaban J connectivity index is 1.66. The third-order valence-electron chi connectivity index (χ3n) is 1.31. The predicted molar refractivity (Wildman–Crippen MR) is 47.4 cm³/mol. The van der Waals surface area contributed by atoms with Gasteiger partial charge in [0.15, 0.2) is 11.6 Å². The first-order valence-electron chi connectivity index (χ1n) is 3.91. The Morgan fingerprint density at radius 2 is 1.08 bits per heavy atom. The highest BCUT2D eigenvalue weighted by molar-refractivity contribution is 7.56. The van der Waals surface area contributed by atoms with E-state index in [1.54, 1.807) is 0 Å². The average Bonchev–Trinajstić information content (AvgIpc) is 1.78. The van der Waals surface area contributed by atoms with Crippen LogP contribution in [0.5, 0.6) is 0 Å². The minimum Gasteiger partial charge on any atom is -0.279 e. The largest absolute Gasteiger partial charge is 0.345 e. The van der Waals surface area contributed by atoms with Crippen molar-refractivity contribution in [1.29, 1.82) is 0 Å². The molecule has 0 spiro atoms. The maximum absolute atomic E-state index is 5.28. The van der Waals surface area contributed by atoms with Crippen LogP contribution in [0.4, 0.5) is 0 Å². The van der Waals surface area contributed by atoms with Crippen LogP contribution < -0.4 is 0 Å². The zero-order valence-electron chi connectivity index (χ0n) is 7.94. The number of hydrogen-bond acceptors (Lipinski definition) is 5. The highest BCUT2D eigenvalue weighted by Gasteiger charge is 2.49. The molecule has 13 heavy (non-hydrogen) atoms. The Kier molecular flexibility index (Phi) is 2.41. The van der Waals surface area contributed by atoms with Crippen molar-refractivity contribution in [3.63, 3.8) is 0 Å². The van der Waals surface area contributed by atoms with Gasteiger partial charge in [-0.05, 0) is 27.7 Å². The van der Waals surface area contributed by atoms with Gasteiger partial charge in [-0.1, -0.05) is 0 Å². The van der Waals surface area contributed by atoms with E-state index < -0.39 is 28.8 Å². The molecule has 0 bridgehead atoms. The molecule has 2 aliphatic heterocycles. The Morgan fingerprint density at radius 1 is 0.769 bits per heavy atom. The van der Waals surface area contributed by atoms with E-state index in [0.29, 0.717) is 0 Å². The van der Waals surface area contributed by atoms with E-state index in [9.17, 15) is 0 Å². The molecular weight excluding hydrogens is 214 g/mol. The lowest BCUT2D eigenvalue weighted by molar-refractivity contribution is -0.190. The van der Waals surface area contributed by atoms with Gasteiger partial charge in [-0.25, -0.2) is 4.31 Å². The Hall–Kier alpha value is 0.660. The van der Waals surface area contributed by atoms with Crippen LogP contribution >= 0.6 is 17.2 Å². The SMILES string of the molecule is CC1(C)OP(OP2OC(C)(C)O2)O1. The van der Waals surface area contributed by atoms with E-state index in [1.165, 1.54) is 0 Å². The summed E-state index contributed by atoms with van der Waals surface area (Å²) in [5, 5.41) is 0. The molecular formula is C6H12O5P2. The van der Waals surface area contributed by atoms with Gasteiger partial charge in [0.25, 0.3) is 0 Å². The molecule has 2 fully saturated rings. The van der Waals surface area contributed by atoms with Crippen molar-refractivity contribution in [3.05, 3.63) is 0 Å². The van der Waals surface area contributed by atoms with Gasteiger partial charge in [0.1, 0.15) is 0 Å². The number of hydrogen-bond donors (Lipinski definition) is 0. The van der Waals surface area contributed by atoms with E-state index in [0.717, 1.165) is 0 Å². The molecule has 0 aromatic heterocycles. The Labute approximate surface area is 79.6 Å². The highest BCUT2D eigenvalue weighted by Crippen LogP contribution is 2.70.